The molecule has 0 unspecified atom stereocenters. The Kier molecular flexibility index (Phi) is 4.64. The number of alkyl carbamates (subject to hydrolysis) is 1. The van der Waals surface area contributed by atoms with E-state index in [4.69, 9.17) is 5.73 Å². The van der Waals surface area contributed by atoms with Gasteiger partial charge >= 0.3 is 12.1 Å². The molecule has 0 heterocycles. The van der Waals surface area contributed by atoms with E-state index in [0.717, 1.165) is 0 Å². The van der Waals surface area contributed by atoms with E-state index in [1.807, 2.05) is 0 Å². The molecule has 3 N–H and O–H groups in total. The van der Waals surface area contributed by atoms with Gasteiger partial charge in [-0.2, -0.15) is 12.6 Å². The van der Waals surface area contributed by atoms with Crippen molar-refractivity contribution in [2.45, 2.75) is 6.04 Å². The van der Waals surface area contributed by atoms with Gasteiger partial charge in [0.05, 0.1) is 0 Å². The lowest BCUT2D eigenvalue weighted by molar-refractivity contribution is -0.138. The van der Waals surface area contributed by atoms with Crippen LogP contribution in [-0.2, 0) is 9.53 Å². The molecule has 0 rings (SSSR count). The van der Waals surface area contributed by atoms with Crippen molar-refractivity contribution in [1.29, 1.82) is 0 Å². The highest BCUT2D eigenvalue weighted by atomic mass is 32.1. The molecule has 0 saturated heterocycles. The quantitative estimate of drug-likeness (QED) is 0.291. The summed E-state index contributed by atoms with van der Waals surface area (Å²) in [5.41, 5.74) is 5.19. The van der Waals surface area contributed by atoms with Gasteiger partial charge in [0.15, 0.2) is 0 Å². The van der Waals surface area contributed by atoms with Crippen molar-refractivity contribution >= 4 is 24.7 Å². The number of ether oxygens (including phenoxy) is 1. The van der Waals surface area contributed by atoms with Crippen LogP contribution in [0.4, 0.5) is 4.79 Å². The van der Waals surface area contributed by atoms with Crippen LogP contribution >= 0.6 is 12.6 Å². The molecule has 0 saturated carbocycles. The maximum atomic E-state index is 10.7. The van der Waals surface area contributed by atoms with Crippen molar-refractivity contribution in [3.05, 3.63) is 0 Å². The topological polar surface area (TPSA) is 81.4 Å². The molecule has 1 atom stereocenters. The Bertz CT molecular complexity index is 162. The molecule has 6 heteroatoms. The Hall–Kier alpha value is -0.750. The lowest BCUT2D eigenvalue weighted by atomic mass is 10.4. The Morgan fingerprint density at radius 2 is 2.27 bits per heavy atom. The maximum absolute atomic E-state index is 10.7. The first-order valence-corrected chi connectivity index (χ1v) is 3.55. The number of nitrogens with one attached hydrogen (secondary N) is 1. The summed E-state index contributed by atoms with van der Waals surface area (Å²) in [4.78, 5) is 21.1. The third-order valence-electron chi connectivity index (χ3n) is 0.897. The zero-order valence-electron chi connectivity index (χ0n) is 6.03. The molecule has 1 amide bonds. The summed E-state index contributed by atoms with van der Waals surface area (Å²) < 4.78 is 4.19. The van der Waals surface area contributed by atoms with E-state index in [2.05, 4.69) is 22.7 Å². The van der Waals surface area contributed by atoms with E-state index in [1.54, 1.807) is 0 Å². The highest BCUT2D eigenvalue weighted by Crippen LogP contribution is 1.88. The van der Waals surface area contributed by atoms with Crippen LogP contribution in [0, 0.1) is 0 Å². The predicted molar refractivity (Wildman–Crippen MR) is 42.4 cm³/mol. The number of esters is 1. The molecule has 5 nitrogen and oxygen atoms in total. The van der Waals surface area contributed by atoms with E-state index >= 15 is 0 Å². The lowest BCUT2D eigenvalue weighted by Crippen LogP contribution is -2.37. The van der Waals surface area contributed by atoms with Gasteiger partial charge in [0.1, 0.15) is 6.04 Å². The molecule has 0 radical (unpaired) electrons. The largest absolute Gasteiger partial charge is 0.414 e. The highest BCUT2D eigenvalue weighted by Gasteiger charge is 2.15. The minimum Gasteiger partial charge on any atom is -0.375 e. The summed E-state index contributed by atoms with van der Waals surface area (Å²) in [6.45, 7) is 0. The number of hydrogen-bond donors (Lipinski definition) is 3. The van der Waals surface area contributed by atoms with Crippen LogP contribution < -0.4 is 11.1 Å². The van der Waals surface area contributed by atoms with Crippen molar-refractivity contribution in [2.24, 2.45) is 5.73 Å². The molecule has 0 aliphatic carbocycles. The first-order valence-electron chi connectivity index (χ1n) is 2.91. The fourth-order valence-electron chi connectivity index (χ4n) is 0.293. The van der Waals surface area contributed by atoms with Crippen LogP contribution in [0.5, 0.6) is 0 Å². The molecule has 0 aliphatic rings. The van der Waals surface area contributed by atoms with Gasteiger partial charge in [-0.25, -0.2) is 9.59 Å². The standard InChI is InChI=1S/C5H10N2O3S/c1-7-5(9)10-4(8)3(6)2-11/h3,11H,2,6H2,1H3,(H,7,9)/t3-/m0/s1. The smallest absolute Gasteiger partial charge is 0.375 e. The number of amides is 1. The van der Waals surface area contributed by atoms with Gasteiger partial charge < -0.3 is 15.8 Å². The minimum atomic E-state index is -0.851. The molecule has 0 aromatic carbocycles. The van der Waals surface area contributed by atoms with E-state index in [9.17, 15) is 9.59 Å². The second-order valence-corrected chi connectivity index (χ2v) is 2.11. The molecule has 11 heavy (non-hydrogen) atoms. The van der Waals surface area contributed by atoms with Gasteiger partial charge in [-0.05, 0) is 0 Å². The van der Waals surface area contributed by atoms with Crippen molar-refractivity contribution in [2.75, 3.05) is 12.8 Å². The fourth-order valence-corrected chi connectivity index (χ4v) is 0.442. The number of carbonyl (C=O) groups excluding carboxylic acids is 2. The van der Waals surface area contributed by atoms with Crippen LogP contribution in [-0.4, -0.2) is 30.9 Å². The van der Waals surface area contributed by atoms with Gasteiger partial charge in [0, 0.05) is 12.8 Å². The molecular weight excluding hydrogens is 168 g/mol. The lowest BCUT2D eigenvalue weighted by Gasteiger charge is -2.05. The van der Waals surface area contributed by atoms with Crippen molar-refractivity contribution in [1.82, 2.24) is 5.32 Å². The molecule has 0 aromatic heterocycles. The third-order valence-corrected chi connectivity index (χ3v) is 1.29. The van der Waals surface area contributed by atoms with E-state index in [0.29, 0.717) is 0 Å². The SMILES string of the molecule is CNC(=O)OC(=O)[C@@H](N)CS. The number of carbonyl (C=O) groups is 2. The van der Waals surface area contributed by atoms with E-state index in [-0.39, 0.29) is 5.75 Å². The van der Waals surface area contributed by atoms with Crippen LogP contribution in [0.2, 0.25) is 0 Å². The first-order chi connectivity index (χ1) is 5.11. The summed E-state index contributed by atoms with van der Waals surface area (Å²) in [5.74, 6) is -0.630. The Labute approximate surface area is 69.7 Å². The van der Waals surface area contributed by atoms with Crippen molar-refractivity contribution < 1.29 is 14.3 Å². The summed E-state index contributed by atoms with van der Waals surface area (Å²) in [6.07, 6.45) is -0.813. The predicted octanol–water partition coefficient (Wildman–Crippen LogP) is -0.874. The minimum absolute atomic E-state index is 0.149. The number of hydrogen-bond acceptors (Lipinski definition) is 5. The van der Waals surface area contributed by atoms with Gasteiger partial charge in [0.2, 0.25) is 0 Å². The van der Waals surface area contributed by atoms with Crippen LogP contribution in [0.1, 0.15) is 0 Å². The summed E-state index contributed by atoms with van der Waals surface area (Å²) in [5, 5.41) is 2.11. The molecule has 64 valence electrons. The number of nitrogens with two attached hydrogens (primary N) is 1. The zero-order valence-corrected chi connectivity index (χ0v) is 6.93. The first kappa shape index (κ1) is 10.2. The van der Waals surface area contributed by atoms with Gasteiger partial charge in [-0.15, -0.1) is 0 Å². The van der Waals surface area contributed by atoms with E-state index < -0.39 is 18.1 Å². The van der Waals surface area contributed by atoms with Gasteiger partial charge in [-0.1, -0.05) is 0 Å². The monoisotopic (exact) mass is 178 g/mol. The second-order valence-electron chi connectivity index (χ2n) is 1.75. The maximum Gasteiger partial charge on any atom is 0.414 e. The Morgan fingerprint density at radius 3 is 2.64 bits per heavy atom. The van der Waals surface area contributed by atoms with Crippen LogP contribution in [0.15, 0.2) is 0 Å². The zero-order chi connectivity index (χ0) is 8.85. The number of thiol groups is 1. The average Bonchev–Trinajstić information content (AvgIpc) is 2.02. The van der Waals surface area contributed by atoms with Crippen LogP contribution in [0.25, 0.3) is 0 Å². The number of rotatable bonds is 2. The molecule has 0 fully saturated rings. The average molecular weight is 178 g/mol. The molecule has 0 aromatic rings. The molecule has 0 bridgehead atoms. The molecule has 0 aliphatic heterocycles. The molecular formula is C5H10N2O3S. The van der Waals surface area contributed by atoms with Crippen molar-refractivity contribution in [3.8, 4) is 0 Å². The second kappa shape index (κ2) is 4.97. The Morgan fingerprint density at radius 1 is 1.73 bits per heavy atom. The summed E-state index contributed by atoms with van der Waals surface area (Å²) >= 11 is 3.75. The molecule has 0 spiro atoms. The Balaban J connectivity index is 3.77. The van der Waals surface area contributed by atoms with Gasteiger partial charge in [-0.3, -0.25) is 0 Å². The summed E-state index contributed by atoms with van der Waals surface area (Å²) in [7, 11) is 1.35. The van der Waals surface area contributed by atoms with Crippen LogP contribution in [0.3, 0.4) is 0 Å². The normalized spacial score (nSPS) is 11.9. The highest BCUT2D eigenvalue weighted by molar-refractivity contribution is 7.80. The van der Waals surface area contributed by atoms with Crippen molar-refractivity contribution in [3.63, 3.8) is 0 Å². The summed E-state index contributed by atoms with van der Waals surface area (Å²) in [6, 6.07) is -0.851. The fraction of sp³-hybridized carbons (Fsp3) is 0.600. The third kappa shape index (κ3) is 3.84. The van der Waals surface area contributed by atoms with Gasteiger partial charge in [0.25, 0.3) is 0 Å². The van der Waals surface area contributed by atoms with E-state index in [1.165, 1.54) is 7.05 Å².